The van der Waals surface area contributed by atoms with E-state index in [0.717, 1.165) is 13.0 Å². The Balaban J connectivity index is 3.08. The van der Waals surface area contributed by atoms with Crippen molar-refractivity contribution in [3.05, 3.63) is 12.7 Å². The van der Waals surface area contributed by atoms with Crippen molar-refractivity contribution in [2.75, 3.05) is 13.1 Å². The van der Waals surface area contributed by atoms with E-state index in [0.29, 0.717) is 0 Å². The van der Waals surface area contributed by atoms with Crippen molar-refractivity contribution in [3.8, 4) is 6.07 Å². The van der Waals surface area contributed by atoms with Gasteiger partial charge in [-0.1, -0.05) is 63.9 Å². The number of unbranched alkanes of at least 4 members (excludes halogenated alkanes) is 11. The minimum absolute atomic E-state index is 0.135. The molecule has 0 fully saturated rings. The Hall–Kier alpha value is -0.810. The Morgan fingerprint density at radius 1 is 0.792 bits per heavy atom. The fourth-order valence-corrected chi connectivity index (χ4v) is 2.95. The number of allylic oxidation sites excluding steroid dienone is 1. The summed E-state index contributed by atoms with van der Waals surface area (Å²) in [7, 11) is 0. The van der Waals surface area contributed by atoms with Crippen molar-refractivity contribution in [1.82, 2.24) is 5.32 Å². The molecule has 0 spiro atoms. The van der Waals surface area contributed by atoms with Crippen molar-refractivity contribution >= 4 is 0 Å². The van der Waals surface area contributed by atoms with Crippen molar-refractivity contribution < 1.29 is 0 Å². The highest BCUT2D eigenvalue weighted by Gasteiger charge is 2.14. The van der Waals surface area contributed by atoms with Gasteiger partial charge in [0.15, 0.2) is 0 Å². The Bertz CT molecular complexity index is 314. The van der Waals surface area contributed by atoms with Gasteiger partial charge in [-0.25, -0.2) is 0 Å². The van der Waals surface area contributed by atoms with Gasteiger partial charge in [-0.15, -0.1) is 6.58 Å². The minimum atomic E-state index is -0.135. The number of hydrogen-bond acceptors (Lipinski definition) is 2. The topological polar surface area (TPSA) is 35.8 Å². The summed E-state index contributed by atoms with van der Waals surface area (Å²) in [6.45, 7) is 10.2. The van der Waals surface area contributed by atoms with Crippen LogP contribution in [0.1, 0.15) is 104 Å². The monoisotopic (exact) mass is 334 g/mol. The summed E-state index contributed by atoms with van der Waals surface area (Å²) in [4.78, 5) is 0. The number of nitriles is 1. The molecular weight excluding hydrogens is 292 g/mol. The smallest absolute Gasteiger partial charge is 0.0683 e. The minimum Gasteiger partial charge on any atom is -0.317 e. The standard InChI is InChI=1S/C22H42N2/c1-4-5-6-7-8-9-10-11-13-16-19-24-20-17-14-12-15-18-22(2,3)21-23/h4,24H,1,5-20H2,2-3H3. The number of hydrogen-bond donors (Lipinski definition) is 1. The molecule has 0 rings (SSSR count). The molecule has 0 saturated carbocycles. The maximum absolute atomic E-state index is 8.97. The molecule has 0 amide bonds. The third-order valence-corrected chi connectivity index (χ3v) is 4.72. The van der Waals surface area contributed by atoms with Crippen LogP contribution in [-0.2, 0) is 0 Å². The predicted molar refractivity (Wildman–Crippen MR) is 107 cm³/mol. The fraction of sp³-hybridized carbons (Fsp3) is 0.864. The SMILES string of the molecule is C=CCCCCCCCCCCNCCCCCCC(C)(C)C#N. The molecule has 0 saturated heterocycles. The molecule has 140 valence electrons. The highest BCUT2D eigenvalue weighted by atomic mass is 14.8. The second kappa shape index (κ2) is 17.0. The lowest BCUT2D eigenvalue weighted by atomic mass is 9.89. The van der Waals surface area contributed by atoms with Gasteiger partial charge in [0.1, 0.15) is 0 Å². The highest BCUT2D eigenvalue weighted by Crippen LogP contribution is 2.22. The van der Waals surface area contributed by atoms with Gasteiger partial charge in [-0.3, -0.25) is 0 Å². The van der Waals surface area contributed by atoms with Gasteiger partial charge in [0.25, 0.3) is 0 Å². The van der Waals surface area contributed by atoms with Crippen molar-refractivity contribution in [2.45, 2.75) is 104 Å². The van der Waals surface area contributed by atoms with Gasteiger partial charge in [0, 0.05) is 0 Å². The van der Waals surface area contributed by atoms with Crippen LogP contribution in [-0.4, -0.2) is 13.1 Å². The van der Waals surface area contributed by atoms with E-state index < -0.39 is 0 Å². The van der Waals surface area contributed by atoms with E-state index in [2.05, 4.69) is 18.0 Å². The quantitative estimate of drug-likeness (QED) is 0.222. The second-order valence-electron chi connectivity index (χ2n) is 7.82. The summed E-state index contributed by atoms with van der Waals surface area (Å²) in [6, 6.07) is 2.38. The molecule has 0 aliphatic carbocycles. The van der Waals surface area contributed by atoms with Crippen molar-refractivity contribution in [1.29, 1.82) is 5.26 Å². The molecule has 0 heterocycles. The van der Waals surface area contributed by atoms with Gasteiger partial charge in [-0.2, -0.15) is 5.26 Å². The van der Waals surface area contributed by atoms with Gasteiger partial charge in [-0.05, 0) is 59.0 Å². The van der Waals surface area contributed by atoms with Crippen LogP contribution in [0.25, 0.3) is 0 Å². The number of nitrogens with one attached hydrogen (secondary N) is 1. The second-order valence-corrected chi connectivity index (χ2v) is 7.82. The third-order valence-electron chi connectivity index (χ3n) is 4.72. The third kappa shape index (κ3) is 17.5. The van der Waals surface area contributed by atoms with Gasteiger partial charge in [0.2, 0.25) is 0 Å². The molecule has 2 nitrogen and oxygen atoms in total. The summed E-state index contributed by atoms with van der Waals surface area (Å²) in [5, 5.41) is 12.5. The molecule has 0 aliphatic heterocycles. The van der Waals surface area contributed by atoms with Crippen molar-refractivity contribution in [3.63, 3.8) is 0 Å². The summed E-state index contributed by atoms with van der Waals surface area (Å²) in [5.41, 5.74) is -0.135. The predicted octanol–water partition coefficient (Wildman–Crippen LogP) is 6.77. The molecule has 0 aliphatic rings. The normalized spacial score (nSPS) is 11.4. The fourth-order valence-electron chi connectivity index (χ4n) is 2.95. The van der Waals surface area contributed by atoms with E-state index in [1.807, 2.05) is 19.9 Å². The van der Waals surface area contributed by atoms with E-state index in [9.17, 15) is 0 Å². The van der Waals surface area contributed by atoms with Crippen LogP contribution in [0.5, 0.6) is 0 Å². The van der Waals surface area contributed by atoms with E-state index >= 15 is 0 Å². The number of nitrogens with zero attached hydrogens (tertiary/aromatic N) is 1. The molecule has 0 aromatic rings. The lowest BCUT2D eigenvalue weighted by Crippen LogP contribution is -2.16. The zero-order valence-corrected chi connectivity index (χ0v) is 16.5. The maximum atomic E-state index is 8.97. The first kappa shape index (κ1) is 23.2. The zero-order valence-electron chi connectivity index (χ0n) is 16.5. The molecule has 24 heavy (non-hydrogen) atoms. The summed E-state index contributed by atoms with van der Waals surface area (Å²) >= 11 is 0. The van der Waals surface area contributed by atoms with Crippen LogP contribution in [0.15, 0.2) is 12.7 Å². The van der Waals surface area contributed by atoms with Crippen LogP contribution in [0.4, 0.5) is 0 Å². The first-order chi connectivity index (χ1) is 11.6. The Kier molecular flexibility index (Phi) is 16.5. The van der Waals surface area contributed by atoms with Crippen LogP contribution in [0.3, 0.4) is 0 Å². The van der Waals surface area contributed by atoms with Crippen LogP contribution >= 0.6 is 0 Å². The molecule has 0 radical (unpaired) electrons. The van der Waals surface area contributed by atoms with Crippen molar-refractivity contribution in [2.24, 2.45) is 5.41 Å². The lowest BCUT2D eigenvalue weighted by molar-refractivity contribution is 0.419. The Labute approximate surface area is 152 Å². The zero-order chi connectivity index (χ0) is 17.9. The maximum Gasteiger partial charge on any atom is 0.0683 e. The molecule has 2 heteroatoms. The van der Waals surface area contributed by atoms with Crippen LogP contribution in [0.2, 0.25) is 0 Å². The van der Waals surface area contributed by atoms with E-state index in [1.165, 1.54) is 90.0 Å². The lowest BCUT2D eigenvalue weighted by Gasteiger charge is -2.14. The molecule has 0 aromatic heterocycles. The Morgan fingerprint density at radius 3 is 1.75 bits per heavy atom. The van der Waals surface area contributed by atoms with E-state index in [-0.39, 0.29) is 5.41 Å². The Morgan fingerprint density at radius 2 is 1.25 bits per heavy atom. The summed E-state index contributed by atoms with van der Waals surface area (Å²) in [5.74, 6) is 0. The average molecular weight is 335 g/mol. The molecule has 1 N–H and O–H groups in total. The first-order valence-electron chi connectivity index (χ1n) is 10.4. The van der Waals surface area contributed by atoms with Gasteiger partial charge >= 0.3 is 0 Å². The van der Waals surface area contributed by atoms with Crippen LogP contribution in [0, 0.1) is 16.7 Å². The largest absolute Gasteiger partial charge is 0.317 e. The average Bonchev–Trinajstić information content (AvgIpc) is 2.57. The highest BCUT2D eigenvalue weighted by molar-refractivity contribution is 4.91. The summed E-state index contributed by atoms with van der Waals surface area (Å²) < 4.78 is 0. The summed E-state index contributed by atoms with van der Waals surface area (Å²) in [6.07, 6.45) is 20.3. The van der Waals surface area contributed by atoms with E-state index in [1.54, 1.807) is 0 Å². The molecule has 0 unspecified atom stereocenters. The van der Waals surface area contributed by atoms with Crippen LogP contribution < -0.4 is 5.32 Å². The number of rotatable bonds is 18. The molecular formula is C22H42N2. The molecule has 0 bridgehead atoms. The first-order valence-corrected chi connectivity index (χ1v) is 10.4. The molecule has 0 aromatic carbocycles. The van der Waals surface area contributed by atoms with E-state index in [4.69, 9.17) is 5.26 Å². The van der Waals surface area contributed by atoms with Gasteiger partial charge < -0.3 is 5.32 Å². The molecule has 0 atom stereocenters. The van der Waals surface area contributed by atoms with Gasteiger partial charge in [0.05, 0.1) is 11.5 Å².